The molecule has 0 spiro atoms. The van der Waals surface area contributed by atoms with Gasteiger partial charge in [0.05, 0.1) is 24.3 Å². The van der Waals surface area contributed by atoms with Crippen molar-refractivity contribution in [3.8, 4) is 6.07 Å². The van der Waals surface area contributed by atoms with Crippen LogP contribution in [0.15, 0.2) is 24.3 Å². The lowest BCUT2D eigenvalue weighted by Crippen LogP contribution is -2.54. The van der Waals surface area contributed by atoms with Gasteiger partial charge in [-0.05, 0) is 31.0 Å². The van der Waals surface area contributed by atoms with E-state index >= 15 is 0 Å². The van der Waals surface area contributed by atoms with E-state index in [1.54, 1.807) is 12.1 Å². The van der Waals surface area contributed by atoms with Crippen molar-refractivity contribution in [2.75, 3.05) is 13.2 Å². The fourth-order valence-electron chi connectivity index (χ4n) is 2.03. The lowest BCUT2D eigenvalue weighted by Gasteiger charge is -2.24. The first-order valence-corrected chi connectivity index (χ1v) is 6.23. The van der Waals surface area contributed by atoms with E-state index in [1.165, 1.54) is 0 Å². The molecule has 5 heteroatoms. The minimum Gasteiger partial charge on any atom is -0.379 e. The highest BCUT2D eigenvalue weighted by atomic mass is 16.5. The average Bonchev–Trinajstić information content (AvgIpc) is 2.87. The second-order valence-corrected chi connectivity index (χ2v) is 4.89. The van der Waals surface area contributed by atoms with E-state index in [9.17, 15) is 4.79 Å². The number of rotatable bonds is 3. The Labute approximate surface area is 112 Å². The average molecular weight is 259 g/mol. The molecule has 1 fully saturated rings. The van der Waals surface area contributed by atoms with Crippen molar-refractivity contribution in [1.82, 2.24) is 5.32 Å². The molecule has 0 aromatic heterocycles. The smallest absolute Gasteiger partial charge is 0.243 e. The van der Waals surface area contributed by atoms with Crippen LogP contribution >= 0.6 is 0 Å². The van der Waals surface area contributed by atoms with Crippen LogP contribution in [0.1, 0.15) is 30.5 Å². The number of benzene rings is 1. The molecule has 0 aliphatic carbocycles. The Kier molecular flexibility index (Phi) is 3.84. The van der Waals surface area contributed by atoms with Crippen molar-refractivity contribution in [2.45, 2.75) is 24.9 Å². The van der Waals surface area contributed by atoms with Gasteiger partial charge in [-0.15, -0.1) is 0 Å². The third-order valence-corrected chi connectivity index (χ3v) is 3.39. The second-order valence-electron chi connectivity index (χ2n) is 4.89. The van der Waals surface area contributed by atoms with E-state index in [0.717, 1.165) is 5.56 Å². The summed E-state index contributed by atoms with van der Waals surface area (Å²) in [5.74, 6) is -0.193. The van der Waals surface area contributed by atoms with Crippen molar-refractivity contribution in [3.63, 3.8) is 0 Å². The molecule has 5 nitrogen and oxygen atoms in total. The molecule has 1 aromatic carbocycles. The zero-order chi connectivity index (χ0) is 13.9. The van der Waals surface area contributed by atoms with Crippen LogP contribution in [-0.2, 0) is 9.53 Å². The molecule has 3 N–H and O–H groups in total. The Hall–Kier alpha value is -1.90. The van der Waals surface area contributed by atoms with Crippen LogP contribution in [0, 0.1) is 11.3 Å². The molecule has 1 aromatic rings. The van der Waals surface area contributed by atoms with Gasteiger partial charge >= 0.3 is 0 Å². The Balaban J connectivity index is 2.02. The number of carbonyl (C=O) groups excluding carboxylic acids is 1. The Bertz CT molecular complexity index is 498. The molecule has 0 radical (unpaired) electrons. The number of carbonyl (C=O) groups is 1. The molecule has 1 amide bonds. The van der Waals surface area contributed by atoms with E-state index in [1.807, 2.05) is 19.1 Å². The highest BCUT2D eigenvalue weighted by molar-refractivity contribution is 5.86. The van der Waals surface area contributed by atoms with E-state index in [-0.39, 0.29) is 18.6 Å². The lowest BCUT2D eigenvalue weighted by atomic mass is 9.98. The van der Waals surface area contributed by atoms with E-state index in [4.69, 9.17) is 15.7 Å². The van der Waals surface area contributed by atoms with E-state index in [0.29, 0.717) is 18.6 Å². The molecular weight excluding hydrogens is 242 g/mol. The van der Waals surface area contributed by atoms with Crippen LogP contribution in [0.3, 0.4) is 0 Å². The van der Waals surface area contributed by atoms with Crippen LogP contribution in [0.5, 0.6) is 0 Å². The van der Waals surface area contributed by atoms with Crippen molar-refractivity contribution in [1.29, 1.82) is 5.26 Å². The maximum Gasteiger partial charge on any atom is 0.243 e. The lowest BCUT2D eigenvalue weighted by molar-refractivity contribution is -0.127. The molecule has 100 valence electrons. The maximum absolute atomic E-state index is 12.1. The fraction of sp³-hybridized carbons (Fsp3) is 0.429. The summed E-state index contributed by atoms with van der Waals surface area (Å²) in [7, 11) is 0. The second kappa shape index (κ2) is 5.39. The molecule has 0 saturated carbocycles. The van der Waals surface area contributed by atoms with Gasteiger partial charge in [0.1, 0.15) is 5.54 Å². The largest absolute Gasteiger partial charge is 0.379 e. The summed E-state index contributed by atoms with van der Waals surface area (Å²) >= 11 is 0. The molecule has 0 bridgehead atoms. The molecular formula is C14H17N3O2. The van der Waals surface area contributed by atoms with Gasteiger partial charge in [0.25, 0.3) is 0 Å². The van der Waals surface area contributed by atoms with Crippen molar-refractivity contribution < 1.29 is 9.53 Å². The molecule has 2 unspecified atom stereocenters. The van der Waals surface area contributed by atoms with Crippen LogP contribution in [0.25, 0.3) is 0 Å². The van der Waals surface area contributed by atoms with Gasteiger partial charge in [-0.2, -0.15) is 5.26 Å². The van der Waals surface area contributed by atoms with Gasteiger partial charge < -0.3 is 15.8 Å². The van der Waals surface area contributed by atoms with Gasteiger partial charge in [0, 0.05) is 6.61 Å². The highest BCUT2D eigenvalue weighted by Crippen LogP contribution is 2.19. The zero-order valence-electron chi connectivity index (χ0n) is 10.8. The quantitative estimate of drug-likeness (QED) is 0.842. The molecule has 2 rings (SSSR count). The molecule has 19 heavy (non-hydrogen) atoms. The zero-order valence-corrected chi connectivity index (χ0v) is 10.8. The first-order chi connectivity index (χ1) is 9.05. The standard InChI is InChI=1S/C14H17N3O2/c1-10(12-4-2-11(8-15)3-5-12)17-13(18)14(16)6-7-19-9-14/h2-5,10H,6-7,9,16H2,1H3,(H,17,18). The summed E-state index contributed by atoms with van der Waals surface area (Å²) in [5, 5.41) is 11.6. The number of nitriles is 1. The van der Waals surface area contributed by atoms with Crippen molar-refractivity contribution in [3.05, 3.63) is 35.4 Å². The Morgan fingerprint density at radius 2 is 2.21 bits per heavy atom. The maximum atomic E-state index is 12.1. The SMILES string of the molecule is CC(NC(=O)C1(N)CCOC1)c1ccc(C#N)cc1. The summed E-state index contributed by atoms with van der Waals surface area (Å²) < 4.78 is 5.18. The van der Waals surface area contributed by atoms with Gasteiger partial charge in [0.15, 0.2) is 0 Å². The summed E-state index contributed by atoms with van der Waals surface area (Å²) in [4.78, 5) is 12.1. The minimum absolute atomic E-state index is 0.152. The normalized spacial score (nSPS) is 23.6. The summed E-state index contributed by atoms with van der Waals surface area (Å²) in [5.41, 5.74) is 6.62. The van der Waals surface area contributed by atoms with Gasteiger partial charge in [0.2, 0.25) is 5.91 Å². The number of ether oxygens (including phenoxy) is 1. The number of nitrogens with one attached hydrogen (secondary N) is 1. The van der Waals surface area contributed by atoms with Crippen molar-refractivity contribution in [2.24, 2.45) is 5.73 Å². The fourth-order valence-corrected chi connectivity index (χ4v) is 2.03. The third-order valence-electron chi connectivity index (χ3n) is 3.39. The highest BCUT2D eigenvalue weighted by Gasteiger charge is 2.38. The van der Waals surface area contributed by atoms with Gasteiger partial charge in [-0.25, -0.2) is 0 Å². The number of amides is 1. The van der Waals surface area contributed by atoms with Gasteiger partial charge in [-0.1, -0.05) is 12.1 Å². The monoisotopic (exact) mass is 259 g/mol. The van der Waals surface area contributed by atoms with Crippen LogP contribution < -0.4 is 11.1 Å². The third kappa shape index (κ3) is 2.92. The predicted octanol–water partition coefficient (Wildman–Crippen LogP) is 0.853. The number of nitrogens with zero attached hydrogens (tertiary/aromatic N) is 1. The summed E-state index contributed by atoms with van der Waals surface area (Å²) in [6, 6.07) is 9.03. The van der Waals surface area contributed by atoms with E-state index < -0.39 is 5.54 Å². The molecule has 1 saturated heterocycles. The number of hydrogen-bond donors (Lipinski definition) is 2. The molecule has 1 heterocycles. The summed E-state index contributed by atoms with van der Waals surface area (Å²) in [6.45, 7) is 2.67. The Morgan fingerprint density at radius 3 is 2.74 bits per heavy atom. The molecule has 1 aliphatic rings. The van der Waals surface area contributed by atoms with Gasteiger partial charge in [-0.3, -0.25) is 4.79 Å². The first-order valence-electron chi connectivity index (χ1n) is 6.23. The number of nitrogens with two attached hydrogens (primary N) is 1. The number of hydrogen-bond acceptors (Lipinski definition) is 4. The summed E-state index contributed by atoms with van der Waals surface area (Å²) in [6.07, 6.45) is 0.541. The molecule has 2 atom stereocenters. The van der Waals surface area contributed by atoms with E-state index in [2.05, 4.69) is 11.4 Å². The van der Waals surface area contributed by atoms with Crippen LogP contribution in [0.2, 0.25) is 0 Å². The minimum atomic E-state index is -0.916. The first kappa shape index (κ1) is 13.5. The van der Waals surface area contributed by atoms with Crippen LogP contribution in [0.4, 0.5) is 0 Å². The predicted molar refractivity (Wildman–Crippen MR) is 70.1 cm³/mol. The van der Waals surface area contributed by atoms with Crippen LogP contribution in [-0.4, -0.2) is 24.7 Å². The van der Waals surface area contributed by atoms with Crippen molar-refractivity contribution >= 4 is 5.91 Å². The topological polar surface area (TPSA) is 88.1 Å². The molecule has 1 aliphatic heterocycles. The Morgan fingerprint density at radius 1 is 1.53 bits per heavy atom.